The van der Waals surface area contributed by atoms with Crippen LogP contribution in [-0.2, 0) is 0 Å². The average molecular weight is 238 g/mol. The zero-order valence-electron chi connectivity index (χ0n) is 9.19. The van der Waals surface area contributed by atoms with E-state index in [1.165, 1.54) is 19.3 Å². The minimum Gasteiger partial charge on any atom is -0.411 e. The first-order chi connectivity index (χ1) is 7.81. The third-order valence-electron chi connectivity index (χ3n) is 3.24. The fourth-order valence-corrected chi connectivity index (χ4v) is 2.50. The molecule has 0 unspecified atom stereocenters. The Morgan fingerprint density at radius 3 is 2.31 bits per heavy atom. The SMILES string of the molecule is O/N=C(/c1ccc(Cl)cc1)C1CCCCC1. The lowest BCUT2D eigenvalue weighted by Gasteiger charge is -2.22. The van der Waals surface area contributed by atoms with E-state index in [9.17, 15) is 0 Å². The molecule has 0 atom stereocenters. The highest BCUT2D eigenvalue weighted by Crippen LogP contribution is 2.27. The van der Waals surface area contributed by atoms with E-state index >= 15 is 0 Å². The Morgan fingerprint density at radius 2 is 1.75 bits per heavy atom. The van der Waals surface area contributed by atoms with Crippen LogP contribution in [0.2, 0.25) is 5.02 Å². The molecule has 0 amide bonds. The van der Waals surface area contributed by atoms with Crippen molar-refractivity contribution < 1.29 is 5.21 Å². The number of halogens is 1. The van der Waals surface area contributed by atoms with Gasteiger partial charge >= 0.3 is 0 Å². The molecule has 2 nitrogen and oxygen atoms in total. The van der Waals surface area contributed by atoms with Gasteiger partial charge < -0.3 is 5.21 Å². The summed E-state index contributed by atoms with van der Waals surface area (Å²) >= 11 is 5.84. The van der Waals surface area contributed by atoms with Gasteiger partial charge in [0.2, 0.25) is 0 Å². The molecule has 0 saturated heterocycles. The van der Waals surface area contributed by atoms with Crippen LogP contribution >= 0.6 is 11.6 Å². The van der Waals surface area contributed by atoms with Crippen molar-refractivity contribution >= 4 is 17.3 Å². The Labute approximate surface area is 101 Å². The summed E-state index contributed by atoms with van der Waals surface area (Å²) in [5, 5.41) is 13.4. The van der Waals surface area contributed by atoms with Gasteiger partial charge in [-0.3, -0.25) is 0 Å². The first-order valence-electron chi connectivity index (χ1n) is 5.79. The molecule has 2 rings (SSSR count). The average Bonchev–Trinajstić information content (AvgIpc) is 2.34. The summed E-state index contributed by atoms with van der Waals surface area (Å²) in [4.78, 5) is 0. The maximum Gasteiger partial charge on any atom is 0.0898 e. The Kier molecular flexibility index (Phi) is 3.83. The van der Waals surface area contributed by atoms with Crippen molar-refractivity contribution in [3.8, 4) is 0 Å². The predicted molar refractivity (Wildman–Crippen MR) is 66.4 cm³/mol. The van der Waals surface area contributed by atoms with E-state index in [0.717, 1.165) is 24.1 Å². The molecule has 1 N–H and O–H groups in total. The van der Waals surface area contributed by atoms with Crippen LogP contribution in [0.1, 0.15) is 37.7 Å². The third-order valence-corrected chi connectivity index (χ3v) is 3.49. The lowest BCUT2D eigenvalue weighted by molar-refractivity contribution is 0.310. The van der Waals surface area contributed by atoms with Gasteiger partial charge in [-0.05, 0) is 30.5 Å². The van der Waals surface area contributed by atoms with Gasteiger partial charge in [0, 0.05) is 10.9 Å². The van der Waals surface area contributed by atoms with Gasteiger partial charge in [0.1, 0.15) is 0 Å². The van der Waals surface area contributed by atoms with Crippen molar-refractivity contribution in [2.45, 2.75) is 32.1 Å². The maximum atomic E-state index is 9.16. The number of rotatable bonds is 2. The number of hydrogen-bond donors (Lipinski definition) is 1. The molecule has 0 radical (unpaired) electrons. The molecule has 1 fully saturated rings. The van der Waals surface area contributed by atoms with Crippen LogP contribution in [0.3, 0.4) is 0 Å². The van der Waals surface area contributed by atoms with Crippen molar-refractivity contribution in [3.63, 3.8) is 0 Å². The molecule has 1 aliphatic rings. The molecule has 1 aliphatic carbocycles. The Morgan fingerprint density at radius 1 is 1.12 bits per heavy atom. The number of benzene rings is 1. The summed E-state index contributed by atoms with van der Waals surface area (Å²) in [5.41, 5.74) is 1.80. The highest BCUT2D eigenvalue weighted by molar-refractivity contribution is 6.30. The molecule has 1 aromatic carbocycles. The van der Waals surface area contributed by atoms with E-state index in [2.05, 4.69) is 5.16 Å². The summed E-state index contributed by atoms with van der Waals surface area (Å²) in [6.07, 6.45) is 6.02. The van der Waals surface area contributed by atoms with Crippen molar-refractivity contribution in [2.24, 2.45) is 11.1 Å². The van der Waals surface area contributed by atoms with Gasteiger partial charge in [0.05, 0.1) is 5.71 Å². The normalized spacial score (nSPS) is 18.7. The molecule has 3 heteroatoms. The van der Waals surface area contributed by atoms with E-state index < -0.39 is 0 Å². The zero-order chi connectivity index (χ0) is 11.4. The van der Waals surface area contributed by atoms with Crippen LogP contribution in [0.4, 0.5) is 0 Å². The molecule has 0 aliphatic heterocycles. The molecule has 0 bridgehead atoms. The Bertz CT molecular complexity index is 366. The number of oxime groups is 1. The molecular formula is C13H16ClNO. The topological polar surface area (TPSA) is 32.6 Å². The van der Waals surface area contributed by atoms with Crippen LogP contribution in [0.5, 0.6) is 0 Å². The van der Waals surface area contributed by atoms with Gasteiger partial charge in [-0.2, -0.15) is 0 Å². The smallest absolute Gasteiger partial charge is 0.0898 e. The fourth-order valence-electron chi connectivity index (χ4n) is 2.37. The predicted octanol–water partition coefficient (Wildman–Crippen LogP) is 4.10. The van der Waals surface area contributed by atoms with E-state index in [1.807, 2.05) is 24.3 Å². The Hall–Kier alpha value is -1.02. The third kappa shape index (κ3) is 2.56. The molecule has 16 heavy (non-hydrogen) atoms. The molecule has 1 aromatic rings. The van der Waals surface area contributed by atoms with Crippen LogP contribution < -0.4 is 0 Å². The Balaban J connectivity index is 2.18. The molecular weight excluding hydrogens is 222 g/mol. The van der Waals surface area contributed by atoms with Crippen molar-refractivity contribution in [2.75, 3.05) is 0 Å². The second-order valence-electron chi connectivity index (χ2n) is 4.33. The van der Waals surface area contributed by atoms with Gasteiger partial charge in [-0.25, -0.2) is 0 Å². The van der Waals surface area contributed by atoms with Gasteiger partial charge in [0.15, 0.2) is 0 Å². The van der Waals surface area contributed by atoms with Gasteiger partial charge in [0.25, 0.3) is 0 Å². The van der Waals surface area contributed by atoms with Crippen LogP contribution in [0.15, 0.2) is 29.4 Å². The first kappa shape index (κ1) is 11.5. The van der Waals surface area contributed by atoms with Crippen molar-refractivity contribution in [1.29, 1.82) is 0 Å². The summed E-state index contributed by atoms with van der Waals surface area (Å²) < 4.78 is 0. The van der Waals surface area contributed by atoms with E-state index in [1.54, 1.807) is 0 Å². The van der Waals surface area contributed by atoms with E-state index in [-0.39, 0.29) is 0 Å². The minimum absolute atomic E-state index is 0.403. The lowest BCUT2D eigenvalue weighted by Crippen LogP contribution is -2.18. The lowest BCUT2D eigenvalue weighted by atomic mass is 9.83. The molecule has 0 spiro atoms. The largest absolute Gasteiger partial charge is 0.411 e. The van der Waals surface area contributed by atoms with Crippen LogP contribution in [0.25, 0.3) is 0 Å². The van der Waals surface area contributed by atoms with Crippen LogP contribution in [-0.4, -0.2) is 10.9 Å². The molecule has 0 heterocycles. The zero-order valence-corrected chi connectivity index (χ0v) is 9.95. The summed E-state index contributed by atoms with van der Waals surface area (Å²) in [5.74, 6) is 0.403. The highest BCUT2D eigenvalue weighted by Gasteiger charge is 2.20. The number of nitrogens with zero attached hydrogens (tertiary/aromatic N) is 1. The minimum atomic E-state index is 0.403. The second-order valence-corrected chi connectivity index (χ2v) is 4.76. The van der Waals surface area contributed by atoms with Crippen LogP contribution in [0, 0.1) is 5.92 Å². The summed E-state index contributed by atoms with van der Waals surface area (Å²) in [6, 6.07) is 7.52. The molecule has 0 aromatic heterocycles. The monoisotopic (exact) mass is 237 g/mol. The fraction of sp³-hybridized carbons (Fsp3) is 0.462. The standard InChI is InChI=1S/C13H16ClNO/c14-12-8-6-11(7-9-12)13(15-16)10-4-2-1-3-5-10/h6-10,16H,1-5H2/b15-13+. The van der Waals surface area contributed by atoms with Gasteiger partial charge in [-0.1, -0.05) is 48.2 Å². The van der Waals surface area contributed by atoms with E-state index in [4.69, 9.17) is 16.8 Å². The molecule has 1 saturated carbocycles. The number of hydrogen-bond acceptors (Lipinski definition) is 2. The second kappa shape index (κ2) is 5.35. The summed E-state index contributed by atoms with van der Waals surface area (Å²) in [7, 11) is 0. The van der Waals surface area contributed by atoms with Crippen molar-refractivity contribution in [1.82, 2.24) is 0 Å². The summed E-state index contributed by atoms with van der Waals surface area (Å²) in [6.45, 7) is 0. The molecule has 86 valence electrons. The first-order valence-corrected chi connectivity index (χ1v) is 6.17. The highest BCUT2D eigenvalue weighted by atomic mass is 35.5. The van der Waals surface area contributed by atoms with E-state index in [0.29, 0.717) is 10.9 Å². The van der Waals surface area contributed by atoms with Gasteiger partial charge in [-0.15, -0.1) is 0 Å². The van der Waals surface area contributed by atoms with Crippen molar-refractivity contribution in [3.05, 3.63) is 34.9 Å². The maximum absolute atomic E-state index is 9.16. The quantitative estimate of drug-likeness (QED) is 0.469.